The van der Waals surface area contributed by atoms with Crippen LogP contribution < -0.4 is 5.56 Å². The lowest BCUT2D eigenvalue weighted by Gasteiger charge is -2.26. The van der Waals surface area contributed by atoms with Gasteiger partial charge in [0.25, 0.3) is 11.2 Å². The van der Waals surface area contributed by atoms with Crippen LogP contribution in [0.4, 0.5) is 18.9 Å². The Kier molecular flexibility index (Phi) is 5.92. The minimum Gasteiger partial charge on any atom is -0.460 e. The van der Waals surface area contributed by atoms with Gasteiger partial charge in [-0.1, -0.05) is 12.1 Å². The van der Waals surface area contributed by atoms with Crippen molar-refractivity contribution in [2.24, 2.45) is 0 Å². The molecule has 11 heteroatoms. The molecule has 184 valence electrons. The molecule has 2 aromatic carbocycles. The average Bonchev–Trinajstić information content (AvgIpc) is 3.32. The van der Waals surface area contributed by atoms with Crippen LogP contribution in [0.3, 0.4) is 0 Å². The molecule has 0 bridgehead atoms. The van der Waals surface area contributed by atoms with Crippen molar-refractivity contribution in [3.63, 3.8) is 0 Å². The highest BCUT2D eigenvalue weighted by molar-refractivity contribution is 5.59. The maximum Gasteiger partial charge on any atom is 0.416 e. The van der Waals surface area contributed by atoms with E-state index in [1.54, 1.807) is 18.2 Å². The first-order valence-electron chi connectivity index (χ1n) is 11.0. The van der Waals surface area contributed by atoms with Gasteiger partial charge in [-0.2, -0.15) is 13.2 Å². The van der Waals surface area contributed by atoms with Gasteiger partial charge in [0.15, 0.2) is 0 Å². The van der Waals surface area contributed by atoms with Crippen LogP contribution in [0.15, 0.2) is 69.9 Å². The van der Waals surface area contributed by atoms with E-state index in [1.165, 1.54) is 24.3 Å². The zero-order valence-corrected chi connectivity index (χ0v) is 18.7. The van der Waals surface area contributed by atoms with Crippen molar-refractivity contribution < 1.29 is 22.5 Å². The van der Waals surface area contributed by atoms with Gasteiger partial charge in [0, 0.05) is 42.8 Å². The van der Waals surface area contributed by atoms with E-state index >= 15 is 0 Å². The molecule has 0 fully saturated rings. The van der Waals surface area contributed by atoms with Gasteiger partial charge in [0.05, 0.1) is 28.3 Å². The summed E-state index contributed by atoms with van der Waals surface area (Å²) >= 11 is 0. The highest BCUT2D eigenvalue weighted by Gasteiger charge is 2.30. The lowest BCUT2D eigenvalue weighted by molar-refractivity contribution is -0.384. The molecular weight excluding hydrogens is 477 g/mol. The van der Waals surface area contributed by atoms with Crippen molar-refractivity contribution in [3.8, 4) is 22.7 Å². The predicted molar refractivity (Wildman–Crippen MR) is 124 cm³/mol. The summed E-state index contributed by atoms with van der Waals surface area (Å²) < 4.78 is 44.4. The number of nitrogens with one attached hydrogen (secondary N) is 1. The van der Waals surface area contributed by atoms with Crippen molar-refractivity contribution >= 4 is 5.69 Å². The van der Waals surface area contributed by atoms with Gasteiger partial charge >= 0.3 is 6.18 Å². The van der Waals surface area contributed by atoms with Crippen LogP contribution in [0, 0.1) is 10.1 Å². The summed E-state index contributed by atoms with van der Waals surface area (Å²) in [7, 11) is 0. The maximum absolute atomic E-state index is 12.8. The minimum atomic E-state index is -4.44. The van der Waals surface area contributed by atoms with E-state index in [4.69, 9.17) is 4.42 Å². The Hall–Kier alpha value is -4.25. The molecule has 1 N–H and O–H groups in total. The van der Waals surface area contributed by atoms with Crippen LogP contribution in [0.5, 0.6) is 0 Å². The molecule has 0 atom stereocenters. The molecule has 0 spiro atoms. The number of hydrogen-bond donors (Lipinski definition) is 1. The SMILES string of the molecule is O=c1[nH]c(-c2ccc(C(F)(F)F)cc2)nc2c1CN(Cc1ccc(-c3ccc([N+](=O)[O-])cc3)o1)CC2. The lowest BCUT2D eigenvalue weighted by atomic mass is 10.1. The molecule has 0 amide bonds. The van der Waals surface area contributed by atoms with Crippen LogP contribution >= 0.6 is 0 Å². The molecule has 1 aliphatic heterocycles. The molecule has 0 saturated heterocycles. The van der Waals surface area contributed by atoms with Crippen molar-refractivity contribution in [3.05, 3.63) is 104 Å². The van der Waals surface area contributed by atoms with Crippen LogP contribution in [-0.2, 0) is 25.7 Å². The summed E-state index contributed by atoms with van der Waals surface area (Å²) in [6, 6.07) is 14.2. The second-order valence-electron chi connectivity index (χ2n) is 8.45. The van der Waals surface area contributed by atoms with Crippen LogP contribution in [0.2, 0.25) is 0 Å². The predicted octanol–water partition coefficient (Wildman–Crippen LogP) is 5.18. The largest absolute Gasteiger partial charge is 0.460 e. The standard InChI is InChI=1S/C25H19F3N4O4/c26-25(27,28)17-5-1-16(2-6-17)23-29-21-11-12-31(14-20(21)24(33)30-23)13-19-9-10-22(36-19)15-3-7-18(8-4-15)32(34)35/h1-10H,11-14H2,(H,29,30,33). The van der Waals surface area contributed by atoms with Crippen LogP contribution in [0.25, 0.3) is 22.7 Å². The Morgan fingerprint density at radius 2 is 1.72 bits per heavy atom. The number of rotatable bonds is 5. The molecule has 2 aromatic heterocycles. The van der Waals surface area contributed by atoms with Crippen molar-refractivity contribution in [2.75, 3.05) is 6.54 Å². The third-order valence-electron chi connectivity index (χ3n) is 6.04. The van der Waals surface area contributed by atoms with Gasteiger partial charge in [-0.15, -0.1) is 0 Å². The summed E-state index contributed by atoms with van der Waals surface area (Å²) in [6.45, 7) is 1.41. The van der Waals surface area contributed by atoms with E-state index in [9.17, 15) is 28.1 Å². The first-order chi connectivity index (χ1) is 17.2. The number of aromatic nitrogens is 2. The number of fused-ring (bicyclic) bond motifs is 1. The van der Waals surface area contributed by atoms with Crippen molar-refractivity contribution in [1.82, 2.24) is 14.9 Å². The fraction of sp³-hybridized carbons (Fsp3) is 0.200. The number of nitrogens with zero attached hydrogens (tertiary/aromatic N) is 3. The molecule has 0 unspecified atom stereocenters. The molecule has 0 saturated carbocycles. The summed E-state index contributed by atoms with van der Waals surface area (Å²) in [5.74, 6) is 1.50. The number of hydrogen-bond acceptors (Lipinski definition) is 6. The van der Waals surface area contributed by atoms with E-state index in [0.717, 1.165) is 12.1 Å². The van der Waals surface area contributed by atoms with Gasteiger partial charge in [-0.05, 0) is 36.4 Å². The minimum absolute atomic E-state index is 0.00202. The first kappa shape index (κ1) is 23.5. The third-order valence-corrected chi connectivity index (χ3v) is 6.04. The highest BCUT2D eigenvalue weighted by atomic mass is 19.4. The first-order valence-corrected chi connectivity index (χ1v) is 11.0. The fourth-order valence-corrected chi connectivity index (χ4v) is 4.16. The van der Waals surface area contributed by atoms with Crippen LogP contribution in [-0.4, -0.2) is 26.3 Å². The molecule has 0 aliphatic carbocycles. The topological polar surface area (TPSA) is 105 Å². The summed E-state index contributed by atoms with van der Waals surface area (Å²) in [4.78, 5) is 32.4. The normalized spacial score (nSPS) is 14.0. The van der Waals surface area contributed by atoms with Crippen molar-refractivity contribution in [1.29, 1.82) is 0 Å². The molecule has 8 nitrogen and oxygen atoms in total. The fourth-order valence-electron chi connectivity index (χ4n) is 4.16. The number of halogens is 3. The smallest absolute Gasteiger partial charge is 0.416 e. The Balaban J connectivity index is 1.29. The third kappa shape index (κ3) is 4.78. The summed E-state index contributed by atoms with van der Waals surface area (Å²) in [5.41, 5.74) is 1.15. The van der Waals surface area contributed by atoms with Crippen LogP contribution in [0.1, 0.15) is 22.6 Å². The van der Waals surface area contributed by atoms with Gasteiger partial charge in [-0.3, -0.25) is 19.8 Å². The monoisotopic (exact) mass is 496 g/mol. The highest BCUT2D eigenvalue weighted by Crippen LogP contribution is 2.31. The Labute approximate surface area is 202 Å². The number of aromatic amines is 1. The van der Waals surface area contributed by atoms with Crippen molar-refractivity contribution in [2.45, 2.75) is 25.7 Å². The second kappa shape index (κ2) is 9.08. The summed E-state index contributed by atoms with van der Waals surface area (Å²) in [5, 5.41) is 10.8. The Morgan fingerprint density at radius 1 is 1.03 bits per heavy atom. The van der Waals surface area contributed by atoms with Gasteiger partial charge in [0.1, 0.15) is 17.3 Å². The molecule has 3 heterocycles. The molecule has 0 radical (unpaired) electrons. The maximum atomic E-state index is 12.8. The Morgan fingerprint density at radius 3 is 2.39 bits per heavy atom. The zero-order chi connectivity index (χ0) is 25.4. The zero-order valence-electron chi connectivity index (χ0n) is 18.7. The average molecular weight is 496 g/mol. The van der Waals surface area contributed by atoms with Gasteiger partial charge in [0.2, 0.25) is 0 Å². The van der Waals surface area contributed by atoms with E-state index in [0.29, 0.717) is 60.0 Å². The number of alkyl halides is 3. The number of furan rings is 1. The van der Waals surface area contributed by atoms with E-state index in [-0.39, 0.29) is 17.1 Å². The lowest BCUT2D eigenvalue weighted by Crippen LogP contribution is -2.35. The van der Waals surface area contributed by atoms with Gasteiger partial charge in [-0.25, -0.2) is 4.98 Å². The molecule has 1 aliphatic rings. The number of benzene rings is 2. The molecule has 36 heavy (non-hydrogen) atoms. The number of nitro groups is 1. The number of non-ortho nitro benzene ring substituents is 1. The van der Waals surface area contributed by atoms with E-state index in [1.807, 2.05) is 11.0 Å². The van der Waals surface area contributed by atoms with E-state index in [2.05, 4.69) is 9.97 Å². The quantitative estimate of drug-likeness (QED) is 0.301. The summed E-state index contributed by atoms with van der Waals surface area (Å²) in [6.07, 6.45) is -3.93. The van der Waals surface area contributed by atoms with E-state index < -0.39 is 16.7 Å². The Bertz CT molecular complexity index is 1480. The number of H-pyrrole nitrogens is 1. The molecule has 4 aromatic rings. The second-order valence-corrected chi connectivity index (χ2v) is 8.45. The molecular formula is C25H19F3N4O4. The van der Waals surface area contributed by atoms with Gasteiger partial charge < -0.3 is 9.40 Å². The number of nitro benzene ring substituents is 1. The molecule has 5 rings (SSSR count).